The normalized spacial score (nSPS) is 25.2. The van der Waals surface area contributed by atoms with Crippen LogP contribution in [-0.4, -0.2) is 28.9 Å². The Kier molecular flexibility index (Phi) is 6.11. The van der Waals surface area contributed by atoms with Crippen molar-refractivity contribution < 1.29 is 39.1 Å². The van der Waals surface area contributed by atoms with Gasteiger partial charge in [-0.3, -0.25) is 14.5 Å². The molecule has 0 saturated carbocycles. The fourth-order valence-electron chi connectivity index (χ4n) is 1.95. The fourth-order valence-corrected chi connectivity index (χ4v) is 2.12. The molecule has 0 aromatic rings. The first-order chi connectivity index (χ1) is 6.99. The predicted octanol–water partition coefficient (Wildman–Crippen LogP) is -1.94. The molecule has 1 aliphatic heterocycles. The van der Waals surface area contributed by atoms with Crippen molar-refractivity contribution in [3.8, 4) is 0 Å². The molecule has 0 aliphatic carbocycles. The minimum Gasteiger partial charge on any atom is -0.302 e. The molecule has 0 aromatic carbocycles. The van der Waals surface area contributed by atoms with Crippen LogP contribution in [0.15, 0.2) is 0 Å². The minimum absolute atomic E-state index is 0. The first-order valence-electron chi connectivity index (χ1n) is 5.13. The van der Waals surface area contributed by atoms with Crippen molar-refractivity contribution >= 4 is 29.1 Å². The molecular formula is C10H16N2NaO2S+. The van der Waals surface area contributed by atoms with Gasteiger partial charge >= 0.3 is 29.6 Å². The van der Waals surface area contributed by atoms with Crippen molar-refractivity contribution in [2.24, 2.45) is 5.41 Å². The third-order valence-electron chi connectivity index (χ3n) is 2.95. The number of hydrogen-bond acceptors (Lipinski definition) is 3. The number of rotatable bonds is 3. The van der Waals surface area contributed by atoms with E-state index >= 15 is 0 Å². The second-order valence-electron chi connectivity index (χ2n) is 3.81. The Bertz CT molecular complexity index is 322. The van der Waals surface area contributed by atoms with Gasteiger partial charge in [-0.15, -0.1) is 0 Å². The molecule has 0 aromatic heterocycles. The van der Waals surface area contributed by atoms with E-state index in [2.05, 4.69) is 5.32 Å². The summed E-state index contributed by atoms with van der Waals surface area (Å²) in [4.78, 5) is 25.3. The molecule has 1 atom stereocenters. The van der Waals surface area contributed by atoms with E-state index in [0.717, 1.165) is 6.42 Å². The average molecular weight is 251 g/mol. The third-order valence-corrected chi connectivity index (χ3v) is 3.33. The summed E-state index contributed by atoms with van der Waals surface area (Å²) in [5.41, 5.74) is -0.911. The van der Waals surface area contributed by atoms with Gasteiger partial charge in [-0.2, -0.15) is 0 Å². The van der Waals surface area contributed by atoms with Gasteiger partial charge in [0.1, 0.15) is 5.41 Å². The smallest absolute Gasteiger partial charge is 0.302 e. The zero-order valence-corrected chi connectivity index (χ0v) is 13.1. The van der Waals surface area contributed by atoms with Gasteiger partial charge in [-0.1, -0.05) is 20.3 Å². The van der Waals surface area contributed by atoms with Gasteiger partial charge in [0.25, 0.3) is 0 Å². The van der Waals surface area contributed by atoms with Gasteiger partial charge in [-0.25, -0.2) is 0 Å². The number of amides is 2. The maximum atomic E-state index is 12.1. The molecule has 0 radical (unpaired) electrons. The van der Waals surface area contributed by atoms with Crippen LogP contribution in [0.1, 0.15) is 33.1 Å². The molecule has 1 fully saturated rings. The summed E-state index contributed by atoms with van der Waals surface area (Å²) in [5, 5.41) is 2.78. The topological polar surface area (TPSA) is 49.4 Å². The Hall–Kier alpha value is 0.0300. The third kappa shape index (κ3) is 2.47. The van der Waals surface area contributed by atoms with E-state index < -0.39 is 5.41 Å². The molecule has 1 aliphatic rings. The molecule has 1 saturated heterocycles. The van der Waals surface area contributed by atoms with E-state index in [1.165, 1.54) is 4.90 Å². The van der Waals surface area contributed by atoms with Gasteiger partial charge < -0.3 is 5.32 Å². The van der Waals surface area contributed by atoms with Crippen LogP contribution in [0.25, 0.3) is 0 Å². The molecular weight excluding hydrogens is 235 g/mol. The van der Waals surface area contributed by atoms with E-state index in [9.17, 15) is 9.59 Å². The Morgan fingerprint density at radius 1 is 1.38 bits per heavy atom. The molecule has 0 bridgehead atoms. The fraction of sp³-hybridized carbons (Fsp3) is 0.700. The second-order valence-corrected chi connectivity index (χ2v) is 4.20. The number of hydrogen-bond donors (Lipinski definition) is 1. The maximum absolute atomic E-state index is 12.1. The summed E-state index contributed by atoms with van der Waals surface area (Å²) in [6, 6.07) is 0. The van der Waals surface area contributed by atoms with Crippen molar-refractivity contribution in [2.45, 2.75) is 33.1 Å². The van der Waals surface area contributed by atoms with Crippen molar-refractivity contribution in [3.63, 3.8) is 0 Å². The van der Waals surface area contributed by atoms with Crippen LogP contribution in [-0.2, 0) is 9.59 Å². The van der Waals surface area contributed by atoms with Crippen molar-refractivity contribution in [1.82, 2.24) is 10.2 Å². The Morgan fingerprint density at radius 2 is 1.94 bits per heavy atom. The Balaban J connectivity index is 0.00000225. The van der Waals surface area contributed by atoms with E-state index in [1.54, 1.807) is 7.05 Å². The van der Waals surface area contributed by atoms with Crippen molar-refractivity contribution in [3.05, 3.63) is 0 Å². The molecule has 84 valence electrons. The SMILES string of the molecule is CCCC1(CC)C(=O)NC(=S)N(C)C1=O.[Na+]. The molecule has 1 heterocycles. The van der Waals surface area contributed by atoms with Gasteiger partial charge in [0.05, 0.1) is 0 Å². The van der Waals surface area contributed by atoms with Crippen LogP contribution >= 0.6 is 12.2 Å². The average Bonchev–Trinajstić information content (AvgIpc) is 2.21. The van der Waals surface area contributed by atoms with Crippen LogP contribution in [0.5, 0.6) is 0 Å². The van der Waals surface area contributed by atoms with Crippen molar-refractivity contribution in [1.29, 1.82) is 0 Å². The molecule has 16 heavy (non-hydrogen) atoms. The van der Waals surface area contributed by atoms with Gasteiger partial charge in [0, 0.05) is 7.05 Å². The van der Waals surface area contributed by atoms with Crippen LogP contribution < -0.4 is 34.9 Å². The number of thiocarbonyl (C=S) groups is 1. The number of nitrogens with one attached hydrogen (secondary N) is 1. The quantitative estimate of drug-likeness (QED) is 0.361. The maximum Gasteiger partial charge on any atom is 1.00 e. The molecule has 0 spiro atoms. The van der Waals surface area contributed by atoms with Gasteiger partial charge in [0.2, 0.25) is 11.8 Å². The van der Waals surface area contributed by atoms with E-state index in [-0.39, 0.29) is 46.5 Å². The Morgan fingerprint density at radius 3 is 2.38 bits per heavy atom. The molecule has 1 N–H and O–H groups in total. The Labute approximate surface area is 123 Å². The largest absolute Gasteiger partial charge is 1.00 e. The second kappa shape index (κ2) is 6.10. The summed E-state index contributed by atoms with van der Waals surface area (Å²) in [5.74, 6) is -0.430. The summed E-state index contributed by atoms with van der Waals surface area (Å²) < 4.78 is 0. The zero-order valence-electron chi connectivity index (χ0n) is 10.3. The summed E-state index contributed by atoms with van der Waals surface area (Å²) in [7, 11) is 1.60. The summed E-state index contributed by atoms with van der Waals surface area (Å²) in [6.45, 7) is 3.82. The van der Waals surface area contributed by atoms with Crippen molar-refractivity contribution in [2.75, 3.05) is 7.05 Å². The number of carbonyl (C=O) groups is 2. The van der Waals surface area contributed by atoms with E-state index in [1.807, 2.05) is 13.8 Å². The first-order valence-corrected chi connectivity index (χ1v) is 5.54. The van der Waals surface area contributed by atoms with Gasteiger partial charge in [0.15, 0.2) is 5.11 Å². The van der Waals surface area contributed by atoms with Crippen LogP contribution in [0.3, 0.4) is 0 Å². The van der Waals surface area contributed by atoms with E-state index in [0.29, 0.717) is 12.8 Å². The summed E-state index contributed by atoms with van der Waals surface area (Å²) in [6.07, 6.45) is 1.88. The molecule has 2 amide bonds. The van der Waals surface area contributed by atoms with Gasteiger partial charge in [-0.05, 0) is 25.1 Å². The number of nitrogens with zero attached hydrogens (tertiary/aromatic N) is 1. The first kappa shape index (κ1) is 16.0. The van der Waals surface area contributed by atoms with Crippen LogP contribution in [0.2, 0.25) is 0 Å². The molecule has 4 nitrogen and oxygen atoms in total. The summed E-state index contributed by atoms with van der Waals surface area (Å²) >= 11 is 4.89. The standard InChI is InChI=1S/C10H16N2O2S.Na/c1-4-6-10(5-2)7(13)11-9(15)12(3)8(10)14;/h4-6H2,1-3H3,(H,11,13,15);/q;+1. The van der Waals surface area contributed by atoms with E-state index in [4.69, 9.17) is 12.2 Å². The monoisotopic (exact) mass is 251 g/mol. The molecule has 1 rings (SSSR count). The minimum atomic E-state index is -0.911. The predicted molar refractivity (Wildman–Crippen MR) is 61.1 cm³/mol. The number of carbonyl (C=O) groups excluding carboxylic acids is 2. The molecule has 6 heteroatoms. The zero-order chi connectivity index (χ0) is 11.6. The van der Waals surface area contributed by atoms with Crippen LogP contribution in [0.4, 0.5) is 0 Å². The molecule has 1 unspecified atom stereocenters. The van der Waals surface area contributed by atoms with Crippen LogP contribution in [0, 0.1) is 5.41 Å².